The summed E-state index contributed by atoms with van der Waals surface area (Å²) in [6, 6.07) is 12.2. The maximum Gasteiger partial charge on any atom is 0.410 e. The van der Waals surface area contributed by atoms with Crippen LogP contribution in [0.2, 0.25) is 15.3 Å². The number of halogens is 4. The maximum atomic E-state index is 12.5. The molecule has 5 aliphatic heterocycles. The average molecular weight is 1530 g/mol. The molecular weight excluding hydrogens is 1390 g/mol. The molecule has 0 spiro atoms. The van der Waals surface area contributed by atoms with Gasteiger partial charge in [0.25, 0.3) is 5.88 Å². The first-order valence-electron chi connectivity index (χ1n) is 37.4. The van der Waals surface area contributed by atoms with E-state index in [-0.39, 0.29) is 52.9 Å². The van der Waals surface area contributed by atoms with E-state index in [1.807, 2.05) is 135 Å². The summed E-state index contributed by atoms with van der Waals surface area (Å²) in [5.74, 6) is 1.44. The standard InChI is InChI=1S/C16H26ClN3O.C15H22ClNO2.C13H25NO3.C12H21NO4.C9H18O.C8H17NO.C6H5ClFNO/c1-16(2,21)12-6-5-9-20(10-12)14-7-8-15(17)18-13(14)11-19(3)4;1-15(2,18)11-5-4-8-17(10-11)13-7-6-12(16)9-14(13)19-3;1-12(2,3)17-11(15)14-8-6-7-10(9-14)13(4,5)16;1-12(2,3)17-11(15)13-7-5-6-9(8-13)10(14)16-4;1-9(2,10)8-6-4-3-5-7-8;1-8(2,10)7-4-3-5-9-6-7;1-10-6-4(8)2-3-5(7)9-6/h7-8,12,21H,5-6,9-11H2,1-4H3;6-7,9,11,18H,4-5,8,10H2,1-3H3;10,16H,6-9H2,1-5H3;9H,5-8H2,1-4H3;8,10H,3-7H2,1-2H3;7,9-10H,3-6H2,1-2H3;2-3H,1H3. The molecule has 9 rings (SSSR count). The number of anilines is 2. The van der Waals surface area contributed by atoms with Crippen LogP contribution in [0, 0.1) is 41.3 Å². The van der Waals surface area contributed by atoms with Crippen molar-refractivity contribution in [1.29, 1.82) is 0 Å². The van der Waals surface area contributed by atoms with E-state index in [1.165, 1.54) is 64.9 Å². The number of methoxy groups -OCH3 is 3. The van der Waals surface area contributed by atoms with Crippen molar-refractivity contribution < 1.29 is 68.0 Å². The summed E-state index contributed by atoms with van der Waals surface area (Å²) in [4.78, 5) is 53.2. The Morgan fingerprint density at radius 1 is 0.519 bits per heavy atom. The molecule has 1 aliphatic carbocycles. The van der Waals surface area contributed by atoms with Gasteiger partial charge in [-0.05, 0) is 257 Å². The first kappa shape index (κ1) is 93.5. The number of carbonyl (C=O) groups excluding carboxylic acids is 3. The lowest BCUT2D eigenvalue weighted by atomic mass is 9.79. The molecule has 2 amide bonds. The zero-order valence-electron chi connectivity index (χ0n) is 67.0. The number of aromatic nitrogens is 2. The van der Waals surface area contributed by atoms with Crippen LogP contribution in [0.1, 0.15) is 213 Å². The molecule has 6 fully saturated rings. The van der Waals surface area contributed by atoms with Gasteiger partial charge in [-0.25, -0.2) is 19.0 Å². The summed E-state index contributed by atoms with van der Waals surface area (Å²) in [5.41, 5.74) is -0.701. The summed E-state index contributed by atoms with van der Waals surface area (Å²) < 4.78 is 37.8. The van der Waals surface area contributed by atoms with Gasteiger partial charge in [0, 0.05) is 94.3 Å². The van der Waals surface area contributed by atoms with E-state index in [1.54, 1.807) is 30.8 Å². The van der Waals surface area contributed by atoms with Crippen molar-refractivity contribution >= 4 is 64.3 Å². The van der Waals surface area contributed by atoms with Crippen molar-refractivity contribution in [3.05, 3.63) is 69.3 Å². The Morgan fingerprint density at radius 3 is 1.38 bits per heavy atom. The van der Waals surface area contributed by atoms with Crippen LogP contribution >= 0.6 is 34.8 Å². The Morgan fingerprint density at radius 2 is 0.952 bits per heavy atom. The quantitative estimate of drug-likeness (QED) is 0.0560. The van der Waals surface area contributed by atoms with Crippen LogP contribution in [-0.4, -0.2) is 208 Å². The molecule has 5 unspecified atom stereocenters. The van der Waals surface area contributed by atoms with Crippen LogP contribution in [-0.2, 0) is 25.5 Å². The second-order valence-corrected chi connectivity index (χ2v) is 34.8. The Balaban J connectivity index is 0.000000321. The second kappa shape index (κ2) is 42.9. The number of piperidine rings is 5. The number of nitrogens with zero attached hydrogens (tertiary/aromatic N) is 7. The number of benzene rings is 1. The van der Waals surface area contributed by atoms with Gasteiger partial charge in [0.15, 0.2) is 5.82 Å². The highest BCUT2D eigenvalue weighted by atomic mass is 35.5. The van der Waals surface area contributed by atoms with Gasteiger partial charge in [0.2, 0.25) is 0 Å². The molecule has 1 saturated carbocycles. The number of rotatable bonds is 12. The fourth-order valence-corrected chi connectivity index (χ4v) is 13.8. The van der Waals surface area contributed by atoms with E-state index < -0.39 is 45.0 Å². The predicted molar refractivity (Wildman–Crippen MR) is 417 cm³/mol. The van der Waals surface area contributed by atoms with Crippen molar-refractivity contribution in [3.63, 3.8) is 0 Å². The first-order chi connectivity index (χ1) is 48.1. The number of pyridine rings is 2. The zero-order chi connectivity index (χ0) is 78.8. The zero-order valence-corrected chi connectivity index (χ0v) is 69.3. The Labute approximate surface area is 638 Å². The SMILES string of the molecule is CC(C)(C)OC(=O)N1CCCC(C(C)(C)O)C1.CC(C)(O)C1CCCCC1.CC(C)(O)C1CCCNC1.CN(C)Cc1nc(Cl)ccc1N1CCCC(C(C)(C)O)C1.COC(=O)C1CCCN(C(=O)OC(C)(C)C)C1.COc1cc(Cl)ccc1N1CCCC(C(C)(C)O)C1.COc1nc(Cl)ccc1F. The fourth-order valence-electron chi connectivity index (χ4n) is 13.3. The summed E-state index contributed by atoms with van der Waals surface area (Å²) >= 11 is 17.5. The highest BCUT2D eigenvalue weighted by molar-refractivity contribution is 6.31. The molecule has 5 atom stereocenters. The topological polar surface area (TPSA) is 253 Å². The van der Waals surface area contributed by atoms with Crippen molar-refractivity contribution in [3.8, 4) is 11.6 Å². The minimum Gasteiger partial charge on any atom is -0.495 e. The lowest BCUT2D eigenvalue weighted by molar-refractivity contribution is -0.147. The van der Waals surface area contributed by atoms with Crippen molar-refractivity contribution in [2.75, 3.05) is 111 Å². The molecule has 6 N–H and O–H groups in total. The largest absolute Gasteiger partial charge is 0.495 e. The minimum absolute atomic E-state index is 0.0764. The van der Waals surface area contributed by atoms with E-state index in [4.69, 9.17) is 53.8 Å². The summed E-state index contributed by atoms with van der Waals surface area (Å²) in [6.07, 6.45) is 16.0. The Bertz CT molecular complexity index is 2990. The first-order valence-corrected chi connectivity index (χ1v) is 38.6. The number of carbonyl (C=O) groups is 3. The van der Waals surface area contributed by atoms with Gasteiger partial charge in [-0.15, -0.1) is 0 Å². The van der Waals surface area contributed by atoms with Crippen LogP contribution in [0.15, 0.2) is 42.5 Å². The summed E-state index contributed by atoms with van der Waals surface area (Å²) in [7, 11) is 8.42. The van der Waals surface area contributed by atoms with Gasteiger partial charge in [-0.1, -0.05) is 54.1 Å². The number of ether oxygens (including phenoxy) is 5. The van der Waals surface area contributed by atoms with E-state index >= 15 is 0 Å². The smallest absolute Gasteiger partial charge is 0.410 e. The highest BCUT2D eigenvalue weighted by Gasteiger charge is 2.38. The Hall–Kier alpha value is -4.75. The highest BCUT2D eigenvalue weighted by Crippen LogP contribution is 2.38. The lowest BCUT2D eigenvalue weighted by Crippen LogP contribution is -2.48. The monoisotopic (exact) mass is 1530 g/mol. The lowest BCUT2D eigenvalue weighted by Gasteiger charge is -2.40. The average Bonchev–Trinajstić information content (AvgIpc) is 0.820. The second-order valence-electron chi connectivity index (χ2n) is 33.5. The van der Waals surface area contributed by atoms with Crippen LogP contribution < -0.4 is 24.6 Å². The van der Waals surface area contributed by atoms with E-state index in [0.717, 1.165) is 133 Å². The number of nitrogens with one attached hydrogen (secondary N) is 1. The molecule has 25 heteroatoms. The van der Waals surface area contributed by atoms with E-state index in [9.17, 15) is 44.3 Å². The third kappa shape index (κ3) is 35.1. The molecule has 21 nitrogen and oxygen atoms in total. The molecule has 1 aromatic carbocycles. The molecular formula is C79H134Cl3FN8O13. The molecule has 5 saturated heterocycles. The molecule has 2 aromatic heterocycles. The van der Waals surface area contributed by atoms with Crippen LogP contribution in [0.5, 0.6) is 11.6 Å². The summed E-state index contributed by atoms with van der Waals surface area (Å²) in [5, 5.41) is 54.4. The molecule has 596 valence electrons. The van der Waals surface area contributed by atoms with Gasteiger partial charge in [0.1, 0.15) is 27.3 Å². The number of likely N-dealkylation sites (tertiary alicyclic amines) is 2. The van der Waals surface area contributed by atoms with Gasteiger partial charge >= 0.3 is 18.2 Å². The molecule has 0 bridgehead atoms. The number of hydrogen-bond acceptors (Lipinski definition) is 19. The Kier molecular flexibility index (Phi) is 38.5. The normalized spacial score (nSPS) is 20.8. The molecule has 6 aliphatic rings. The van der Waals surface area contributed by atoms with Gasteiger partial charge in [-0.3, -0.25) is 4.79 Å². The third-order valence-corrected chi connectivity index (χ3v) is 20.3. The number of esters is 1. The van der Waals surface area contributed by atoms with E-state index in [0.29, 0.717) is 41.6 Å². The minimum atomic E-state index is -0.735. The van der Waals surface area contributed by atoms with Crippen LogP contribution in [0.25, 0.3) is 0 Å². The number of hydrogen-bond donors (Lipinski definition) is 6. The predicted octanol–water partition coefficient (Wildman–Crippen LogP) is 15.3. The molecule has 104 heavy (non-hydrogen) atoms. The number of aliphatic hydroxyl groups is 5. The molecule has 3 aromatic rings. The summed E-state index contributed by atoms with van der Waals surface area (Å²) in [6.45, 7) is 38.8. The molecule has 7 heterocycles. The van der Waals surface area contributed by atoms with Crippen LogP contribution in [0.4, 0.5) is 25.4 Å². The van der Waals surface area contributed by atoms with Crippen molar-refractivity contribution in [1.82, 2.24) is 30.0 Å². The number of amides is 2. The van der Waals surface area contributed by atoms with Gasteiger partial charge < -0.3 is 79.0 Å². The van der Waals surface area contributed by atoms with Gasteiger partial charge in [0.05, 0.1) is 72.3 Å². The molecule has 0 radical (unpaired) electrons. The van der Waals surface area contributed by atoms with Gasteiger partial charge in [-0.2, -0.15) is 4.98 Å². The van der Waals surface area contributed by atoms with Crippen molar-refractivity contribution in [2.24, 2.45) is 35.5 Å². The third-order valence-electron chi connectivity index (χ3n) is 19.6. The van der Waals surface area contributed by atoms with Crippen molar-refractivity contribution in [2.45, 2.75) is 253 Å². The fraction of sp³-hybridized carbons (Fsp3) is 0.759. The van der Waals surface area contributed by atoms with E-state index in [2.05, 4.69) is 40.8 Å². The maximum absolute atomic E-state index is 12.5. The van der Waals surface area contributed by atoms with Crippen LogP contribution in [0.3, 0.4) is 0 Å².